The van der Waals surface area contributed by atoms with E-state index in [1.54, 1.807) is 6.92 Å². The van der Waals surface area contributed by atoms with Crippen LogP contribution in [-0.4, -0.2) is 28.4 Å². The van der Waals surface area contributed by atoms with Crippen LogP contribution in [0.2, 0.25) is 0 Å². The number of hydrogen-bond acceptors (Lipinski definition) is 2. The summed E-state index contributed by atoms with van der Waals surface area (Å²) in [5.41, 5.74) is 2.55. The van der Waals surface area contributed by atoms with E-state index in [0.717, 1.165) is 11.1 Å². The van der Waals surface area contributed by atoms with E-state index < -0.39 is 12.0 Å². The van der Waals surface area contributed by atoms with Crippen molar-refractivity contribution in [2.24, 2.45) is 0 Å². The molecule has 4 nitrogen and oxygen atoms in total. The average molecular weight is 249 g/mol. The molecule has 1 N–H and O–H groups in total. The standard InChI is InChI=1S/C14H19NO3/c1-5-15(11(4)16)13(14(17)18)12-8-9(2)6-7-10(12)3/h6-8,13H,5H2,1-4H3,(H,17,18). The van der Waals surface area contributed by atoms with E-state index in [9.17, 15) is 14.7 Å². The SMILES string of the molecule is CCN(C(C)=O)C(C(=O)O)c1cc(C)ccc1C. The summed E-state index contributed by atoms with van der Waals surface area (Å²) >= 11 is 0. The van der Waals surface area contributed by atoms with Crippen molar-refractivity contribution in [2.75, 3.05) is 6.54 Å². The van der Waals surface area contributed by atoms with Crippen LogP contribution in [0.1, 0.15) is 36.6 Å². The molecule has 0 fully saturated rings. The fraction of sp³-hybridized carbons (Fsp3) is 0.429. The molecule has 1 unspecified atom stereocenters. The maximum Gasteiger partial charge on any atom is 0.331 e. The number of aliphatic carboxylic acids is 1. The number of nitrogens with zero attached hydrogens (tertiary/aromatic N) is 1. The number of likely N-dealkylation sites (N-methyl/N-ethyl adjacent to an activating group) is 1. The third kappa shape index (κ3) is 2.88. The fourth-order valence-electron chi connectivity index (χ4n) is 2.08. The normalized spacial score (nSPS) is 12.0. The Morgan fingerprint density at radius 1 is 1.33 bits per heavy atom. The van der Waals surface area contributed by atoms with Crippen LogP contribution >= 0.6 is 0 Å². The molecule has 0 saturated carbocycles. The van der Waals surface area contributed by atoms with Gasteiger partial charge in [-0.2, -0.15) is 0 Å². The number of amides is 1. The molecule has 0 aliphatic heterocycles. The van der Waals surface area contributed by atoms with E-state index in [0.29, 0.717) is 12.1 Å². The number of carbonyl (C=O) groups excluding carboxylic acids is 1. The Labute approximate surface area is 107 Å². The van der Waals surface area contributed by atoms with Gasteiger partial charge < -0.3 is 10.0 Å². The predicted molar refractivity (Wildman–Crippen MR) is 69.4 cm³/mol. The highest BCUT2D eigenvalue weighted by Crippen LogP contribution is 2.25. The van der Waals surface area contributed by atoms with Gasteiger partial charge in [-0.25, -0.2) is 4.79 Å². The monoisotopic (exact) mass is 249 g/mol. The van der Waals surface area contributed by atoms with E-state index in [1.165, 1.54) is 11.8 Å². The predicted octanol–water partition coefficient (Wildman–Crippen LogP) is 2.30. The summed E-state index contributed by atoms with van der Waals surface area (Å²) in [6.07, 6.45) is 0. The van der Waals surface area contributed by atoms with Crippen LogP contribution in [0.5, 0.6) is 0 Å². The number of carboxylic acids is 1. The van der Waals surface area contributed by atoms with Crippen molar-refractivity contribution in [3.63, 3.8) is 0 Å². The lowest BCUT2D eigenvalue weighted by Crippen LogP contribution is -2.37. The van der Waals surface area contributed by atoms with Crippen LogP contribution in [0.25, 0.3) is 0 Å². The van der Waals surface area contributed by atoms with Gasteiger partial charge in [0.05, 0.1) is 0 Å². The molecule has 1 amide bonds. The van der Waals surface area contributed by atoms with E-state index in [4.69, 9.17) is 0 Å². The second-order valence-corrected chi connectivity index (χ2v) is 4.41. The van der Waals surface area contributed by atoms with Crippen molar-refractivity contribution in [3.8, 4) is 0 Å². The van der Waals surface area contributed by atoms with Crippen molar-refractivity contribution in [1.29, 1.82) is 0 Å². The first kappa shape index (κ1) is 14.2. The summed E-state index contributed by atoms with van der Waals surface area (Å²) in [5, 5.41) is 9.40. The van der Waals surface area contributed by atoms with Crippen LogP contribution in [0.15, 0.2) is 18.2 Å². The molecule has 18 heavy (non-hydrogen) atoms. The zero-order valence-corrected chi connectivity index (χ0v) is 11.2. The zero-order valence-electron chi connectivity index (χ0n) is 11.2. The number of hydrogen-bond donors (Lipinski definition) is 1. The van der Waals surface area contributed by atoms with Crippen LogP contribution in [0, 0.1) is 13.8 Å². The highest BCUT2D eigenvalue weighted by Gasteiger charge is 2.29. The van der Waals surface area contributed by atoms with Gasteiger partial charge in [0.15, 0.2) is 6.04 Å². The van der Waals surface area contributed by atoms with E-state index in [-0.39, 0.29) is 5.91 Å². The Bertz CT molecular complexity index is 468. The lowest BCUT2D eigenvalue weighted by atomic mass is 9.97. The third-order valence-electron chi connectivity index (χ3n) is 3.02. The van der Waals surface area contributed by atoms with Gasteiger partial charge in [0, 0.05) is 13.5 Å². The molecule has 4 heteroatoms. The van der Waals surface area contributed by atoms with Crippen LogP contribution in [0.3, 0.4) is 0 Å². The maximum atomic E-state index is 11.6. The third-order valence-corrected chi connectivity index (χ3v) is 3.02. The number of aryl methyl sites for hydroxylation is 2. The summed E-state index contributed by atoms with van der Waals surface area (Å²) in [6, 6.07) is 4.74. The van der Waals surface area contributed by atoms with E-state index in [2.05, 4.69) is 0 Å². The van der Waals surface area contributed by atoms with Gasteiger partial charge in [0.25, 0.3) is 0 Å². The van der Waals surface area contributed by atoms with Crippen molar-refractivity contribution < 1.29 is 14.7 Å². The van der Waals surface area contributed by atoms with Gasteiger partial charge in [0.2, 0.25) is 5.91 Å². The number of benzene rings is 1. The minimum Gasteiger partial charge on any atom is -0.479 e. The summed E-state index contributed by atoms with van der Waals surface area (Å²) < 4.78 is 0. The topological polar surface area (TPSA) is 57.6 Å². The highest BCUT2D eigenvalue weighted by molar-refractivity contribution is 5.83. The summed E-state index contributed by atoms with van der Waals surface area (Å²) in [4.78, 5) is 24.4. The molecule has 1 aromatic rings. The summed E-state index contributed by atoms with van der Waals surface area (Å²) in [5.74, 6) is -1.23. The lowest BCUT2D eigenvalue weighted by Gasteiger charge is -2.28. The molecular formula is C14H19NO3. The Balaban J connectivity index is 3.31. The van der Waals surface area contributed by atoms with Crippen LogP contribution < -0.4 is 0 Å². The lowest BCUT2D eigenvalue weighted by molar-refractivity contribution is -0.149. The minimum absolute atomic E-state index is 0.231. The van der Waals surface area contributed by atoms with Gasteiger partial charge in [-0.1, -0.05) is 23.8 Å². The number of carboxylic acid groups (broad SMARTS) is 1. The highest BCUT2D eigenvalue weighted by atomic mass is 16.4. The van der Waals surface area contributed by atoms with Crippen LogP contribution in [0.4, 0.5) is 0 Å². The summed E-state index contributed by atoms with van der Waals surface area (Å²) in [6.45, 7) is 7.32. The molecule has 98 valence electrons. The molecule has 0 heterocycles. The Morgan fingerprint density at radius 3 is 2.39 bits per heavy atom. The Hall–Kier alpha value is -1.84. The van der Waals surface area contributed by atoms with Gasteiger partial charge in [-0.05, 0) is 31.9 Å². The average Bonchev–Trinajstić information content (AvgIpc) is 2.28. The van der Waals surface area contributed by atoms with Crippen molar-refractivity contribution in [3.05, 3.63) is 34.9 Å². The smallest absolute Gasteiger partial charge is 0.331 e. The van der Waals surface area contributed by atoms with Gasteiger partial charge in [0.1, 0.15) is 0 Å². The zero-order chi connectivity index (χ0) is 13.9. The van der Waals surface area contributed by atoms with Crippen molar-refractivity contribution >= 4 is 11.9 Å². The molecule has 1 aromatic carbocycles. The first-order chi connectivity index (χ1) is 8.38. The molecule has 0 bridgehead atoms. The van der Waals surface area contributed by atoms with E-state index in [1.807, 2.05) is 32.0 Å². The molecule has 1 atom stereocenters. The summed E-state index contributed by atoms with van der Waals surface area (Å²) in [7, 11) is 0. The molecule has 1 rings (SSSR count). The molecular weight excluding hydrogens is 230 g/mol. The second kappa shape index (κ2) is 5.67. The molecule has 0 aromatic heterocycles. The van der Waals surface area contributed by atoms with Gasteiger partial charge in [-0.3, -0.25) is 4.79 Å². The Kier molecular flexibility index (Phi) is 4.48. The Morgan fingerprint density at radius 2 is 1.94 bits per heavy atom. The van der Waals surface area contributed by atoms with Gasteiger partial charge >= 0.3 is 5.97 Å². The largest absolute Gasteiger partial charge is 0.479 e. The quantitative estimate of drug-likeness (QED) is 0.890. The number of carbonyl (C=O) groups is 2. The molecule has 0 saturated heterocycles. The van der Waals surface area contributed by atoms with Crippen molar-refractivity contribution in [1.82, 2.24) is 4.90 Å². The fourth-order valence-corrected chi connectivity index (χ4v) is 2.08. The van der Waals surface area contributed by atoms with Crippen LogP contribution in [-0.2, 0) is 9.59 Å². The molecule has 0 aliphatic carbocycles. The molecule has 0 aliphatic rings. The molecule has 0 spiro atoms. The van der Waals surface area contributed by atoms with E-state index >= 15 is 0 Å². The molecule has 0 radical (unpaired) electrons. The maximum absolute atomic E-state index is 11.6. The number of rotatable bonds is 4. The first-order valence-corrected chi connectivity index (χ1v) is 5.95. The second-order valence-electron chi connectivity index (χ2n) is 4.41. The first-order valence-electron chi connectivity index (χ1n) is 5.95. The minimum atomic E-state index is -0.999. The van der Waals surface area contributed by atoms with Crippen molar-refractivity contribution in [2.45, 2.75) is 33.7 Å². The van der Waals surface area contributed by atoms with Gasteiger partial charge in [-0.15, -0.1) is 0 Å².